The highest BCUT2D eigenvalue weighted by Gasteiger charge is 2.14. The van der Waals surface area contributed by atoms with E-state index >= 15 is 0 Å². The maximum atomic E-state index is 13.3. The summed E-state index contributed by atoms with van der Waals surface area (Å²) in [6, 6.07) is 14.5. The molecule has 2 aromatic carbocycles. The Bertz CT molecular complexity index is 545. The van der Waals surface area contributed by atoms with E-state index in [0.29, 0.717) is 10.6 Å². The van der Waals surface area contributed by atoms with Crippen molar-refractivity contribution in [3.05, 3.63) is 70.5 Å². The van der Waals surface area contributed by atoms with E-state index in [4.69, 9.17) is 17.4 Å². The standard InChI is InChI=1S/C16H18ClFN2/c17-15-10-9-13(18)11-14(15)16(20-19)8-4-7-12-5-2-1-3-6-12/h1-3,5-6,9-11,16,20H,4,7-8,19H2. The molecule has 0 aliphatic carbocycles. The summed E-state index contributed by atoms with van der Waals surface area (Å²) in [5.41, 5.74) is 4.72. The molecular formula is C16H18ClFN2. The summed E-state index contributed by atoms with van der Waals surface area (Å²) in [5.74, 6) is 5.27. The molecule has 0 saturated heterocycles. The van der Waals surface area contributed by atoms with Crippen LogP contribution in [0.25, 0.3) is 0 Å². The fourth-order valence-electron chi connectivity index (χ4n) is 2.27. The topological polar surface area (TPSA) is 38.0 Å². The van der Waals surface area contributed by atoms with Crippen LogP contribution in [0.2, 0.25) is 5.02 Å². The minimum atomic E-state index is -0.298. The highest BCUT2D eigenvalue weighted by atomic mass is 35.5. The Balaban J connectivity index is 1.97. The monoisotopic (exact) mass is 292 g/mol. The second kappa shape index (κ2) is 7.39. The molecule has 2 rings (SSSR count). The van der Waals surface area contributed by atoms with Crippen LogP contribution in [-0.2, 0) is 6.42 Å². The molecule has 0 aliphatic rings. The van der Waals surface area contributed by atoms with Crippen LogP contribution in [0.3, 0.4) is 0 Å². The van der Waals surface area contributed by atoms with E-state index in [9.17, 15) is 4.39 Å². The fraction of sp³-hybridized carbons (Fsp3) is 0.250. The summed E-state index contributed by atoms with van der Waals surface area (Å²) < 4.78 is 13.3. The predicted molar refractivity (Wildman–Crippen MR) is 80.9 cm³/mol. The molecule has 0 aromatic heterocycles. The van der Waals surface area contributed by atoms with E-state index in [1.165, 1.54) is 17.7 Å². The number of nitrogens with one attached hydrogen (secondary N) is 1. The van der Waals surface area contributed by atoms with Crippen molar-refractivity contribution in [3.8, 4) is 0 Å². The Hall–Kier alpha value is -1.42. The molecule has 0 radical (unpaired) electrons. The summed E-state index contributed by atoms with van der Waals surface area (Å²) in [5, 5.41) is 0.536. The van der Waals surface area contributed by atoms with Gasteiger partial charge in [0.15, 0.2) is 0 Å². The maximum Gasteiger partial charge on any atom is 0.123 e. The van der Waals surface area contributed by atoms with Crippen LogP contribution < -0.4 is 11.3 Å². The lowest BCUT2D eigenvalue weighted by atomic mass is 9.99. The highest BCUT2D eigenvalue weighted by Crippen LogP contribution is 2.27. The predicted octanol–water partition coefficient (Wildman–Crippen LogP) is 4.01. The molecule has 0 fully saturated rings. The average Bonchev–Trinajstić information content (AvgIpc) is 2.48. The number of nitrogens with two attached hydrogens (primary N) is 1. The van der Waals surface area contributed by atoms with Gasteiger partial charge < -0.3 is 0 Å². The largest absolute Gasteiger partial charge is 0.271 e. The molecular weight excluding hydrogens is 275 g/mol. The minimum Gasteiger partial charge on any atom is -0.271 e. The van der Waals surface area contributed by atoms with Gasteiger partial charge in [-0.2, -0.15) is 0 Å². The summed E-state index contributed by atoms with van der Waals surface area (Å²) in [6.07, 6.45) is 2.71. The van der Waals surface area contributed by atoms with Crippen LogP contribution >= 0.6 is 11.6 Å². The number of benzene rings is 2. The van der Waals surface area contributed by atoms with Gasteiger partial charge in [0.1, 0.15) is 5.82 Å². The minimum absolute atomic E-state index is 0.137. The second-order valence-electron chi connectivity index (χ2n) is 4.76. The van der Waals surface area contributed by atoms with Crippen LogP contribution in [0.5, 0.6) is 0 Å². The van der Waals surface area contributed by atoms with E-state index in [1.54, 1.807) is 6.07 Å². The summed E-state index contributed by atoms with van der Waals surface area (Å²) in [4.78, 5) is 0. The van der Waals surface area contributed by atoms with Crippen molar-refractivity contribution < 1.29 is 4.39 Å². The van der Waals surface area contributed by atoms with E-state index in [1.807, 2.05) is 18.2 Å². The molecule has 2 aromatic rings. The molecule has 0 aliphatic heterocycles. The summed E-state index contributed by atoms with van der Waals surface area (Å²) >= 11 is 6.10. The van der Waals surface area contributed by atoms with Gasteiger partial charge in [-0.25, -0.2) is 4.39 Å². The molecule has 0 spiro atoms. The van der Waals surface area contributed by atoms with Gasteiger partial charge in [-0.3, -0.25) is 11.3 Å². The zero-order valence-electron chi connectivity index (χ0n) is 11.2. The Labute approximate surface area is 123 Å². The summed E-state index contributed by atoms with van der Waals surface area (Å²) in [7, 11) is 0. The molecule has 0 bridgehead atoms. The van der Waals surface area contributed by atoms with Crippen LogP contribution in [-0.4, -0.2) is 0 Å². The Kier molecular flexibility index (Phi) is 5.53. The number of hydrazine groups is 1. The van der Waals surface area contributed by atoms with Gasteiger partial charge in [-0.1, -0.05) is 41.9 Å². The van der Waals surface area contributed by atoms with Gasteiger partial charge in [0.25, 0.3) is 0 Å². The van der Waals surface area contributed by atoms with Gasteiger partial charge in [0, 0.05) is 11.1 Å². The zero-order valence-corrected chi connectivity index (χ0v) is 11.9. The first-order valence-electron chi connectivity index (χ1n) is 6.65. The average molecular weight is 293 g/mol. The Morgan fingerprint density at radius 3 is 2.60 bits per heavy atom. The van der Waals surface area contributed by atoms with Crippen molar-refractivity contribution in [1.82, 2.24) is 5.43 Å². The Morgan fingerprint density at radius 1 is 1.15 bits per heavy atom. The lowest BCUT2D eigenvalue weighted by Crippen LogP contribution is -2.28. The molecule has 0 saturated carbocycles. The number of hydrogen-bond acceptors (Lipinski definition) is 2. The molecule has 0 amide bonds. The van der Waals surface area contributed by atoms with Crippen molar-refractivity contribution in [3.63, 3.8) is 0 Å². The molecule has 0 heterocycles. The second-order valence-corrected chi connectivity index (χ2v) is 5.17. The van der Waals surface area contributed by atoms with Crippen molar-refractivity contribution in [2.45, 2.75) is 25.3 Å². The first kappa shape index (κ1) is 15.0. The normalized spacial score (nSPS) is 12.3. The number of aryl methyl sites for hydroxylation is 1. The van der Waals surface area contributed by atoms with Gasteiger partial charge in [-0.05, 0) is 48.6 Å². The van der Waals surface area contributed by atoms with Crippen molar-refractivity contribution in [2.75, 3.05) is 0 Å². The van der Waals surface area contributed by atoms with E-state index in [2.05, 4.69) is 17.6 Å². The highest BCUT2D eigenvalue weighted by molar-refractivity contribution is 6.31. The zero-order chi connectivity index (χ0) is 14.4. The Morgan fingerprint density at radius 2 is 1.90 bits per heavy atom. The van der Waals surface area contributed by atoms with Gasteiger partial charge >= 0.3 is 0 Å². The van der Waals surface area contributed by atoms with Crippen molar-refractivity contribution in [1.29, 1.82) is 0 Å². The molecule has 4 heteroatoms. The van der Waals surface area contributed by atoms with Crippen molar-refractivity contribution in [2.24, 2.45) is 5.84 Å². The first-order chi connectivity index (χ1) is 9.70. The lowest BCUT2D eigenvalue weighted by Gasteiger charge is -2.17. The van der Waals surface area contributed by atoms with E-state index in [0.717, 1.165) is 19.3 Å². The van der Waals surface area contributed by atoms with E-state index in [-0.39, 0.29) is 11.9 Å². The third-order valence-electron chi connectivity index (χ3n) is 3.34. The molecule has 2 nitrogen and oxygen atoms in total. The fourth-order valence-corrected chi connectivity index (χ4v) is 2.51. The number of rotatable bonds is 6. The van der Waals surface area contributed by atoms with Gasteiger partial charge in [0.05, 0.1) is 0 Å². The third-order valence-corrected chi connectivity index (χ3v) is 3.68. The van der Waals surface area contributed by atoms with Crippen molar-refractivity contribution >= 4 is 11.6 Å². The van der Waals surface area contributed by atoms with Gasteiger partial charge in [0.2, 0.25) is 0 Å². The first-order valence-corrected chi connectivity index (χ1v) is 7.03. The van der Waals surface area contributed by atoms with Crippen LogP contribution in [0, 0.1) is 5.82 Å². The molecule has 106 valence electrons. The molecule has 1 unspecified atom stereocenters. The maximum absolute atomic E-state index is 13.3. The van der Waals surface area contributed by atoms with Gasteiger partial charge in [-0.15, -0.1) is 0 Å². The molecule has 1 atom stereocenters. The van der Waals surface area contributed by atoms with E-state index < -0.39 is 0 Å². The smallest absolute Gasteiger partial charge is 0.123 e. The lowest BCUT2D eigenvalue weighted by molar-refractivity contribution is 0.495. The van der Waals surface area contributed by atoms with Crippen LogP contribution in [0.15, 0.2) is 48.5 Å². The summed E-state index contributed by atoms with van der Waals surface area (Å²) in [6.45, 7) is 0. The van der Waals surface area contributed by atoms with Crippen LogP contribution in [0.4, 0.5) is 4.39 Å². The quantitative estimate of drug-likeness (QED) is 0.624. The molecule has 20 heavy (non-hydrogen) atoms. The molecule has 3 N–H and O–H groups in total. The SMILES string of the molecule is NNC(CCCc1ccccc1)c1cc(F)ccc1Cl. The third kappa shape index (κ3) is 4.04. The van der Waals surface area contributed by atoms with Crippen LogP contribution in [0.1, 0.15) is 30.0 Å². The number of hydrogen-bond donors (Lipinski definition) is 2. The number of halogens is 2.